The number of nitrogens with zero attached hydrogens (tertiary/aromatic N) is 3. The Morgan fingerprint density at radius 1 is 1.38 bits per heavy atom. The van der Waals surface area contributed by atoms with Crippen LogP contribution in [0.5, 0.6) is 0 Å². The van der Waals surface area contributed by atoms with Crippen LogP contribution in [0, 0.1) is 6.92 Å². The van der Waals surface area contributed by atoms with E-state index in [4.69, 9.17) is 5.53 Å². The molecule has 0 spiro atoms. The molecule has 0 fully saturated rings. The summed E-state index contributed by atoms with van der Waals surface area (Å²) in [6.45, 7) is 2.61. The van der Waals surface area contributed by atoms with Gasteiger partial charge in [0.15, 0.2) is 0 Å². The molecule has 0 saturated heterocycles. The van der Waals surface area contributed by atoms with Gasteiger partial charge in [-0.2, -0.15) is 0 Å². The molecular formula is C9H11N3S. The van der Waals surface area contributed by atoms with Crippen molar-refractivity contribution in [2.45, 2.75) is 11.8 Å². The second-order valence-electron chi connectivity index (χ2n) is 2.62. The quantitative estimate of drug-likeness (QED) is 0.238. The molecule has 1 aromatic carbocycles. The van der Waals surface area contributed by atoms with E-state index in [1.807, 2.05) is 0 Å². The number of hydrogen-bond donors (Lipinski definition) is 0. The van der Waals surface area contributed by atoms with Crippen LogP contribution in [0.3, 0.4) is 0 Å². The van der Waals surface area contributed by atoms with Gasteiger partial charge in [-0.1, -0.05) is 22.8 Å². The van der Waals surface area contributed by atoms with Gasteiger partial charge in [0.2, 0.25) is 0 Å². The SMILES string of the molecule is Cc1ccc(SCCN=[N+]=[N-])cc1. The third-order valence-corrected chi connectivity index (χ3v) is 2.54. The molecule has 0 aliphatic rings. The molecule has 0 heterocycles. The number of azide groups is 1. The summed E-state index contributed by atoms with van der Waals surface area (Å²) in [5.41, 5.74) is 9.31. The topological polar surface area (TPSA) is 48.8 Å². The summed E-state index contributed by atoms with van der Waals surface area (Å²) in [4.78, 5) is 3.91. The van der Waals surface area contributed by atoms with Crippen molar-refractivity contribution >= 4 is 11.8 Å². The van der Waals surface area contributed by atoms with E-state index >= 15 is 0 Å². The van der Waals surface area contributed by atoms with Crippen LogP contribution < -0.4 is 0 Å². The number of aryl methyl sites for hydroxylation is 1. The van der Waals surface area contributed by atoms with E-state index in [2.05, 4.69) is 41.2 Å². The fourth-order valence-corrected chi connectivity index (χ4v) is 1.62. The summed E-state index contributed by atoms with van der Waals surface area (Å²) in [7, 11) is 0. The molecular weight excluding hydrogens is 182 g/mol. The van der Waals surface area contributed by atoms with Gasteiger partial charge in [0, 0.05) is 22.1 Å². The van der Waals surface area contributed by atoms with E-state index in [0.29, 0.717) is 6.54 Å². The molecule has 0 N–H and O–H groups in total. The van der Waals surface area contributed by atoms with Gasteiger partial charge in [-0.25, -0.2) is 0 Å². The second kappa shape index (κ2) is 5.51. The first-order chi connectivity index (χ1) is 6.33. The van der Waals surface area contributed by atoms with Gasteiger partial charge in [-0.05, 0) is 24.6 Å². The molecule has 0 saturated carbocycles. The smallest absolute Gasteiger partial charge is 0.0352 e. The van der Waals surface area contributed by atoms with Crippen molar-refractivity contribution in [3.8, 4) is 0 Å². The van der Waals surface area contributed by atoms with Gasteiger partial charge in [-0.15, -0.1) is 11.8 Å². The lowest BCUT2D eigenvalue weighted by Crippen LogP contribution is -1.82. The molecule has 3 nitrogen and oxygen atoms in total. The molecule has 1 aromatic rings. The average Bonchev–Trinajstić information content (AvgIpc) is 2.15. The molecule has 0 aliphatic carbocycles. The van der Waals surface area contributed by atoms with E-state index in [1.165, 1.54) is 10.5 Å². The zero-order valence-corrected chi connectivity index (χ0v) is 8.29. The van der Waals surface area contributed by atoms with Crippen LogP contribution in [-0.2, 0) is 0 Å². The summed E-state index contributed by atoms with van der Waals surface area (Å²) in [5, 5.41) is 3.46. The van der Waals surface area contributed by atoms with E-state index in [9.17, 15) is 0 Å². The van der Waals surface area contributed by atoms with Crippen LogP contribution in [0.25, 0.3) is 10.4 Å². The lowest BCUT2D eigenvalue weighted by Gasteiger charge is -1.98. The van der Waals surface area contributed by atoms with E-state index in [0.717, 1.165) is 5.75 Å². The Morgan fingerprint density at radius 2 is 2.08 bits per heavy atom. The van der Waals surface area contributed by atoms with Gasteiger partial charge in [0.1, 0.15) is 0 Å². The fourth-order valence-electron chi connectivity index (χ4n) is 0.884. The maximum atomic E-state index is 8.05. The Balaban J connectivity index is 2.37. The third-order valence-electron chi connectivity index (χ3n) is 1.54. The molecule has 0 radical (unpaired) electrons. The van der Waals surface area contributed by atoms with E-state index in [-0.39, 0.29) is 0 Å². The summed E-state index contributed by atoms with van der Waals surface area (Å²) < 4.78 is 0. The van der Waals surface area contributed by atoms with Gasteiger partial charge in [0.25, 0.3) is 0 Å². The van der Waals surface area contributed by atoms with E-state index < -0.39 is 0 Å². The molecule has 13 heavy (non-hydrogen) atoms. The number of benzene rings is 1. The van der Waals surface area contributed by atoms with Crippen LogP contribution in [0.4, 0.5) is 0 Å². The van der Waals surface area contributed by atoms with Crippen molar-refractivity contribution in [1.29, 1.82) is 0 Å². The van der Waals surface area contributed by atoms with Crippen LogP contribution in [0.2, 0.25) is 0 Å². The van der Waals surface area contributed by atoms with Crippen molar-refractivity contribution in [2.24, 2.45) is 5.11 Å². The monoisotopic (exact) mass is 193 g/mol. The molecule has 0 amide bonds. The van der Waals surface area contributed by atoms with Crippen molar-refractivity contribution in [1.82, 2.24) is 0 Å². The van der Waals surface area contributed by atoms with Crippen molar-refractivity contribution in [3.05, 3.63) is 40.3 Å². The fraction of sp³-hybridized carbons (Fsp3) is 0.333. The largest absolute Gasteiger partial charge is 0.126 e. The zero-order chi connectivity index (χ0) is 9.52. The summed E-state index contributed by atoms with van der Waals surface area (Å²) in [6.07, 6.45) is 0. The molecule has 68 valence electrons. The Bertz CT molecular complexity index is 301. The molecule has 1 rings (SSSR count). The standard InChI is InChI=1S/C9H11N3S/c1-8-2-4-9(5-3-8)13-7-6-11-12-10/h2-5H,6-7H2,1H3. The Hall–Kier alpha value is -1.12. The minimum absolute atomic E-state index is 0.551. The summed E-state index contributed by atoms with van der Waals surface area (Å²) in [6, 6.07) is 8.32. The van der Waals surface area contributed by atoms with Gasteiger partial charge in [0.05, 0.1) is 0 Å². The molecule has 0 aliphatic heterocycles. The molecule has 0 atom stereocenters. The predicted octanol–water partition coefficient (Wildman–Crippen LogP) is 3.40. The third kappa shape index (κ3) is 3.87. The summed E-state index contributed by atoms with van der Waals surface area (Å²) in [5.74, 6) is 0.840. The Morgan fingerprint density at radius 3 is 2.69 bits per heavy atom. The minimum atomic E-state index is 0.551. The molecule has 4 heteroatoms. The maximum absolute atomic E-state index is 8.05. The lowest BCUT2D eigenvalue weighted by atomic mass is 10.2. The molecule has 0 unspecified atom stereocenters. The normalized spacial score (nSPS) is 9.31. The highest BCUT2D eigenvalue weighted by molar-refractivity contribution is 7.99. The first-order valence-corrected chi connectivity index (χ1v) is 5.02. The van der Waals surface area contributed by atoms with Gasteiger partial charge < -0.3 is 0 Å². The first kappa shape index (κ1) is 9.96. The highest BCUT2D eigenvalue weighted by Gasteiger charge is 1.91. The number of hydrogen-bond acceptors (Lipinski definition) is 2. The lowest BCUT2D eigenvalue weighted by molar-refractivity contribution is 1.12. The Labute approximate surface area is 81.8 Å². The molecule has 0 aromatic heterocycles. The number of rotatable bonds is 4. The average molecular weight is 193 g/mol. The Kier molecular flexibility index (Phi) is 4.23. The highest BCUT2D eigenvalue weighted by Crippen LogP contribution is 2.17. The molecule has 0 bridgehead atoms. The van der Waals surface area contributed by atoms with Crippen LogP contribution >= 0.6 is 11.8 Å². The van der Waals surface area contributed by atoms with Gasteiger partial charge >= 0.3 is 0 Å². The van der Waals surface area contributed by atoms with E-state index in [1.54, 1.807) is 11.8 Å². The van der Waals surface area contributed by atoms with Crippen molar-refractivity contribution in [3.63, 3.8) is 0 Å². The first-order valence-electron chi connectivity index (χ1n) is 4.03. The predicted molar refractivity (Wildman–Crippen MR) is 55.9 cm³/mol. The maximum Gasteiger partial charge on any atom is 0.0352 e. The highest BCUT2D eigenvalue weighted by atomic mass is 32.2. The van der Waals surface area contributed by atoms with Crippen LogP contribution in [-0.4, -0.2) is 12.3 Å². The summed E-state index contributed by atoms with van der Waals surface area (Å²) >= 11 is 1.70. The van der Waals surface area contributed by atoms with Crippen LogP contribution in [0.15, 0.2) is 34.3 Å². The minimum Gasteiger partial charge on any atom is -0.126 e. The number of thioether (sulfide) groups is 1. The van der Waals surface area contributed by atoms with Gasteiger partial charge in [-0.3, -0.25) is 0 Å². The second-order valence-corrected chi connectivity index (χ2v) is 3.78. The van der Waals surface area contributed by atoms with Crippen LogP contribution in [0.1, 0.15) is 5.56 Å². The zero-order valence-electron chi connectivity index (χ0n) is 7.47. The van der Waals surface area contributed by atoms with Crippen molar-refractivity contribution < 1.29 is 0 Å². The van der Waals surface area contributed by atoms with Crippen molar-refractivity contribution in [2.75, 3.05) is 12.3 Å².